The van der Waals surface area contributed by atoms with Crippen molar-refractivity contribution in [3.05, 3.63) is 11.4 Å². The maximum absolute atomic E-state index is 10.5. The number of primary amides is 1. The lowest BCUT2D eigenvalue weighted by Crippen LogP contribution is -2.14. The Balaban J connectivity index is 4.78. The fourth-order valence-electron chi connectivity index (χ4n) is 0.556. The van der Waals surface area contributed by atoms with Gasteiger partial charge in [-0.2, -0.15) is 0 Å². The minimum Gasteiger partial charge on any atom is -0.365 e. The van der Waals surface area contributed by atoms with E-state index in [4.69, 9.17) is 15.5 Å². The molecule has 1 amide bonds. The highest BCUT2D eigenvalue weighted by Gasteiger charge is 2.24. The molecule has 6 heteroatoms. The predicted molar refractivity (Wildman–Crippen MR) is 39.6 cm³/mol. The summed E-state index contributed by atoms with van der Waals surface area (Å²) in [6.45, 7) is 1.65. The Labute approximate surface area is 64.1 Å². The molecular formula is C5H10NO4P. The number of nitrogens with two attached hydrogens (primary N) is 1. The average Bonchev–Trinajstić information content (AvgIpc) is 1.79. The highest BCUT2D eigenvalue weighted by atomic mass is 31.2. The van der Waals surface area contributed by atoms with Gasteiger partial charge < -0.3 is 15.5 Å². The normalized spacial score (nSPS) is 13.2. The molecule has 0 saturated heterocycles. The lowest BCUT2D eigenvalue weighted by molar-refractivity contribution is -0.114. The third-order valence-corrected chi connectivity index (χ3v) is 1.99. The van der Waals surface area contributed by atoms with Gasteiger partial charge in [-0.15, -0.1) is 0 Å². The van der Waals surface area contributed by atoms with Gasteiger partial charge in [0.2, 0.25) is 0 Å². The third-order valence-electron chi connectivity index (χ3n) is 0.964. The zero-order valence-corrected chi connectivity index (χ0v) is 6.91. The topological polar surface area (TPSA) is 101 Å². The molecule has 5 nitrogen and oxygen atoms in total. The lowest BCUT2D eigenvalue weighted by atomic mass is 10.4. The van der Waals surface area contributed by atoms with Crippen LogP contribution in [0.2, 0.25) is 0 Å². The van der Waals surface area contributed by atoms with Crippen LogP contribution >= 0.6 is 7.60 Å². The van der Waals surface area contributed by atoms with Gasteiger partial charge >= 0.3 is 7.60 Å². The molecule has 0 aromatic carbocycles. The zero-order chi connectivity index (χ0) is 9.07. The van der Waals surface area contributed by atoms with Gasteiger partial charge in [0.15, 0.2) is 0 Å². The van der Waals surface area contributed by atoms with Crippen molar-refractivity contribution in [3.63, 3.8) is 0 Å². The number of hydrogen-bond donors (Lipinski definition) is 3. The van der Waals surface area contributed by atoms with E-state index in [1.807, 2.05) is 0 Å². The molecule has 0 fully saturated rings. The van der Waals surface area contributed by atoms with E-state index in [9.17, 15) is 9.36 Å². The number of carbonyl (C=O) groups excluding carboxylic acids is 1. The van der Waals surface area contributed by atoms with Crippen LogP contribution in [-0.4, -0.2) is 15.7 Å². The van der Waals surface area contributed by atoms with Crippen molar-refractivity contribution in [3.8, 4) is 0 Å². The predicted octanol–water partition coefficient (Wildman–Crippen LogP) is -0.0567. The highest BCUT2D eigenvalue weighted by molar-refractivity contribution is 7.58. The minimum atomic E-state index is -4.46. The van der Waals surface area contributed by atoms with E-state index >= 15 is 0 Å². The quantitative estimate of drug-likeness (QED) is 0.417. The fraction of sp³-hybridized carbons (Fsp3) is 0.400. The summed E-state index contributed by atoms with van der Waals surface area (Å²) >= 11 is 0. The Hall–Kier alpha value is -0.640. The number of amides is 1. The average molecular weight is 179 g/mol. The van der Waals surface area contributed by atoms with Crippen LogP contribution < -0.4 is 5.73 Å². The largest absolute Gasteiger partial charge is 0.365 e. The Morgan fingerprint density at radius 2 is 2.09 bits per heavy atom. The Bertz CT molecular complexity index is 229. The maximum atomic E-state index is 10.5. The smallest absolute Gasteiger partial charge is 0.361 e. The van der Waals surface area contributed by atoms with Crippen LogP contribution in [-0.2, 0) is 9.36 Å². The van der Waals surface area contributed by atoms with Crippen LogP contribution in [0, 0.1) is 0 Å². The number of hydrogen-bond acceptors (Lipinski definition) is 2. The molecule has 0 aromatic rings. The first-order valence-corrected chi connectivity index (χ1v) is 4.57. The maximum Gasteiger partial charge on any atom is 0.361 e. The molecular weight excluding hydrogens is 169 g/mol. The van der Waals surface area contributed by atoms with Gasteiger partial charge in [-0.25, -0.2) is 0 Å². The summed E-state index contributed by atoms with van der Waals surface area (Å²) in [5.74, 6) is -1.07. The van der Waals surface area contributed by atoms with Crippen LogP contribution in [0.3, 0.4) is 0 Å². The first-order chi connectivity index (χ1) is 4.89. The number of allylic oxidation sites excluding steroid dienone is 1. The van der Waals surface area contributed by atoms with Gasteiger partial charge in [-0.3, -0.25) is 9.36 Å². The SMILES string of the molecule is CC/C=C(\C(N)=O)P(=O)(O)O. The second kappa shape index (κ2) is 3.67. The van der Waals surface area contributed by atoms with Crippen molar-refractivity contribution < 1.29 is 19.1 Å². The van der Waals surface area contributed by atoms with Crippen molar-refractivity contribution >= 4 is 13.5 Å². The second-order valence-electron chi connectivity index (χ2n) is 1.91. The van der Waals surface area contributed by atoms with Gasteiger partial charge in [0, 0.05) is 0 Å². The van der Waals surface area contributed by atoms with E-state index in [2.05, 4.69) is 0 Å². The summed E-state index contributed by atoms with van der Waals surface area (Å²) in [7, 11) is -4.46. The van der Waals surface area contributed by atoms with Gasteiger partial charge in [-0.1, -0.05) is 13.0 Å². The van der Waals surface area contributed by atoms with Gasteiger partial charge in [0.1, 0.15) is 5.31 Å². The van der Waals surface area contributed by atoms with Gasteiger partial charge in [0.25, 0.3) is 5.91 Å². The van der Waals surface area contributed by atoms with E-state index in [0.717, 1.165) is 6.08 Å². The summed E-state index contributed by atoms with van der Waals surface area (Å²) in [4.78, 5) is 27.4. The van der Waals surface area contributed by atoms with E-state index in [0.29, 0.717) is 6.42 Å². The van der Waals surface area contributed by atoms with Crippen molar-refractivity contribution in [2.75, 3.05) is 0 Å². The Morgan fingerprint density at radius 1 is 1.64 bits per heavy atom. The Kier molecular flexibility index (Phi) is 3.45. The highest BCUT2D eigenvalue weighted by Crippen LogP contribution is 2.44. The molecule has 0 bridgehead atoms. The summed E-state index contributed by atoms with van der Waals surface area (Å²) in [6.07, 6.45) is 1.49. The third kappa shape index (κ3) is 3.32. The minimum absolute atomic E-state index is 0.364. The molecule has 11 heavy (non-hydrogen) atoms. The van der Waals surface area contributed by atoms with Crippen molar-refractivity contribution in [1.82, 2.24) is 0 Å². The van der Waals surface area contributed by atoms with Crippen LogP contribution in [0.5, 0.6) is 0 Å². The number of carbonyl (C=O) groups is 1. The molecule has 0 heterocycles. The Morgan fingerprint density at radius 3 is 2.18 bits per heavy atom. The van der Waals surface area contributed by atoms with Crippen LogP contribution in [0.25, 0.3) is 0 Å². The van der Waals surface area contributed by atoms with Gasteiger partial charge in [-0.05, 0) is 6.42 Å². The molecule has 0 spiro atoms. The first-order valence-electron chi connectivity index (χ1n) is 2.95. The molecule has 0 rings (SSSR count). The zero-order valence-electron chi connectivity index (χ0n) is 6.02. The molecule has 64 valence electrons. The van der Waals surface area contributed by atoms with Crippen LogP contribution in [0.1, 0.15) is 13.3 Å². The van der Waals surface area contributed by atoms with Crippen molar-refractivity contribution in [2.24, 2.45) is 5.73 Å². The summed E-state index contributed by atoms with van der Waals surface area (Å²) < 4.78 is 10.5. The van der Waals surface area contributed by atoms with Crippen LogP contribution in [0.4, 0.5) is 0 Å². The summed E-state index contributed by atoms with van der Waals surface area (Å²) in [6, 6.07) is 0. The summed E-state index contributed by atoms with van der Waals surface area (Å²) in [5.41, 5.74) is 4.71. The number of rotatable bonds is 3. The molecule has 0 saturated carbocycles. The lowest BCUT2D eigenvalue weighted by Gasteiger charge is -2.03. The van der Waals surface area contributed by atoms with Crippen molar-refractivity contribution in [2.45, 2.75) is 13.3 Å². The molecule has 0 aliphatic rings. The second-order valence-corrected chi connectivity index (χ2v) is 3.48. The monoisotopic (exact) mass is 179 g/mol. The molecule has 0 aromatic heterocycles. The first kappa shape index (κ1) is 10.4. The molecule has 0 atom stereocenters. The van der Waals surface area contributed by atoms with Crippen molar-refractivity contribution in [1.29, 1.82) is 0 Å². The van der Waals surface area contributed by atoms with E-state index in [1.165, 1.54) is 0 Å². The van der Waals surface area contributed by atoms with E-state index in [-0.39, 0.29) is 0 Å². The van der Waals surface area contributed by atoms with E-state index in [1.54, 1.807) is 6.92 Å². The van der Waals surface area contributed by atoms with Crippen LogP contribution in [0.15, 0.2) is 11.4 Å². The molecule has 0 radical (unpaired) electrons. The standard InChI is InChI=1S/C5H10NO4P/c1-2-3-4(5(6)7)11(8,9)10/h3H,2H2,1H3,(H2,6,7)(H2,8,9,10)/b4-3+. The van der Waals surface area contributed by atoms with E-state index < -0.39 is 18.8 Å². The fourth-order valence-corrected chi connectivity index (χ4v) is 1.26. The molecule has 4 N–H and O–H groups in total. The molecule has 0 aliphatic carbocycles. The van der Waals surface area contributed by atoms with Gasteiger partial charge in [0.05, 0.1) is 0 Å². The summed E-state index contributed by atoms with van der Waals surface area (Å²) in [5, 5.41) is -0.611. The molecule has 0 unspecified atom stereocenters. The molecule has 0 aliphatic heterocycles.